The number of likely N-dealkylation sites (tertiary alicyclic amines) is 1. The van der Waals surface area contributed by atoms with Gasteiger partial charge in [0.2, 0.25) is 5.82 Å². The van der Waals surface area contributed by atoms with Crippen LogP contribution < -0.4 is 9.80 Å². The zero-order valence-electron chi connectivity index (χ0n) is 28.7. The summed E-state index contributed by atoms with van der Waals surface area (Å²) in [6, 6.07) is 15.3. The Morgan fingerprint density at radius 3 is 2.41 bits per heavy atom. The van der Waals surface area contributed by atoms with Gasteiger partial charge in [0.05, 0.1) is 22.9 Å². The third-order valence-corrected chi connectivity index (χ3v) is 10.2. The summed E-state index contributed by atoms with van der Waals surface area (Å²) >= 11 is 0. The summed E-state index contributed by atoms with van der Waals surface area (Å²) in [4.78, 5) is 53.0. The van der Waals surface area contributed by atoms with Crippen LogP contribution in [-0.4, -0.2) is 86.2 Å². The van der Waals surface area contributed by atoms with Crippen molar-refractivity contribution < 1.29 is 19.2 Å². The van der Waals surface area contributed by atoms with Crippen molar-refractivity contribution >= 4 is 34.7 Å². The first-order chi connectivity index (χ1) is 23.2. The summed E-state index contributed by atoms with van der Waals surface area (Å²) in [5.74, 6) is -0.395. The van der Waals surface area contributed by atoms with Gasteiger partial charge in [-0.1, -0.05) is 37.3 Å². The van der Waals surface area contributed by atoms with Crippen LogP contribution in [0.4, 0.5) is 17.2 Å². The second-order valence-electron chi connectivity index (χ2n) is 15.2. The number of rotatable bonds is 6. The summed E-state index contributed by atoms with van der Waals surface area (Å²) in [6.07, 6.45) is 4.57. The number of fused-ring (bicyclic) bond motifs is 1. The summed E-state index contributed by atoms with van der Waals surface area (Å²) in [5, 5.41) is 16.4. The third kappa shape index (κ3) is 6.29. The van der Waals surface area contributed by atoms with E-state index in [0.717, 1.165) is 49.7 Å². The number of esters is 1. The highest BCUT2D eigenvalue weighted by molar-refractivity contribution is 5.91. The first-order valence-corrected chi connectivity index (χ1v) is 16.8. The van der Waals surface area contributed by atoms with E-state index < -0.39 is 16.5 Å². The quantitative estimate of drug-likeness (QED) is 0.153. The van der Waals surface area contributed by atoms with Gasteiger partial charge >= 0.3 is 5.97 Å². The molecule has 256 valence electrons. The Balaban J connectivity index is 1.05. The average Bonchev–Trinajstić information content (AvgIpc) is 3.87. The molecule has 1 amide bonds. The first kappa shape index (κ1) is 32.5. The van der Waals surface area contributed by atoms with Crippen molar-refractivity contribution in [2.24, 2.45) is 5.41 Å². The van der Waals surface area contributed by atoms with E-state index >= 15 is 0 Å². The molecule has 0 radical (unpaired) electrons. The molecular weight excluding hydrogens is 624 g/mol. The molecule has 13 nitrogen and oxygen atoms in total. The molecular formula is C36H42N8O5. The normalized spacial score (nSPS) is 22.4. The van der Waals surface area contributed by atoms with E-state index in [2.05, 4.69) is 57.2 Å². The molecule has 1 aromatic carbocycles. The molecule has 0 unspecified atom stereocenters. The predicted octanol–water partition coefficient (Wildman–Crippen LogP) is 5.21. The van der Waals surface area contributed by atoms with Gasteiger partial charge in [0.25, 0.3) is 11.6 Å². The van der Waals surface area contributed by atoms with Crippen molar-refractivity contribution in [3.8, 4) is 0 Å². The number of ether oxygens (including phenoxy) is 1. The van der Waals surface area contributed by atoms with Gasteiger partial charge in [-0.05, 0) is 64.2 Å². The van der Waals surface area contributed by atoms with Crippen molar-refractivity contribution in [1.29, 1.82) is 0 Å². The van der Waals surface area contributed by atoms with E-state index in [1.165, 1.54) is 11.6 Å². The van der Waals surface area contributed by atoms with Gasteiger partial charge in [0.15, 0.2) is 11.3 Å². The molecule has 49 heavy (non-hydrogen) atoms. The number of nitro groups is 1. The Morgan fingerprint density at radius 2 is 1.67 bits per heavy atom. The topological polar surface area (TPSA) is 139 Å². The summed E-state index contributed by atoms with van der Waals surface area (Å²) in [6.45, 7) is 13.6. The third-order valence-electron chi connectivity index (χ3n) is 10.2. The van der Waals surface area contributed by atoms with Gasteiger partial charge in [-0.3, -0.25) is 14.9 Å². The first-order valence-electron chi connectivity index (χ1n) is 16.8. The summed E-state index contributed by atoms with van der Waals surface area (Å²) < 4.78 is 7.17. The molecule has 0 aliphatic carbocycles. The van der Waals surface area contributed by atoms with Crippen LogP contribution in [0.1, 0.15) is 79.2 Å². The number of aromatic nitrogens is 4. The van der Waals surface area contributed by atoms with E-state index in [1.54, 1.807) is 25.3 Å². The largest absolute Gasteiger partial charge is 0.455 e. The molecule has 13 heteroatoms. The molecule has 3 fully saturated rings. The number of pyridine rings is 2. The highest BCUT2D eigenvalue weighted by Crippen LogP contribution is 2.42. The molecule has 0 bridgehead atoms. The van der Waals surface area contributed by atoms with Crippen molar-refractivity contribution in [2.45, 2.75) is 64.9 Å². The van der Waals surface area contributed by atoms with Gasteiger partial charge in [0, 0.05) is 56.2 Å². The number of hydrogen-bond donors (Lipinski definition) is 0. The lowest BCUT2D eigenvalue weighted by molar-refractivity contribution is -0.384. The summed E-state index contributed by atoms with van der Waals surface area (Å²) in [7, 11) is 0. The van der Waals surface area contributed by atoms with E-state index in [-0.39, 0.29) is 33.9 Å². The van der Waals surface area contributed by atoms with Crippen LogP contribution in [0.15, 0.2) is 54.7 Å². The van der Waals surface area contributed by atoms with Crippen molar-refractivity contribution in [2.75, 3.05) is 49.1 Å². The number of nitrogens with zero attached hydrogens (tertiary/aromatic N) is 8. The maximum absolute atomic E-state index is 13.8. The smallest absolute Gasteiger partial charge is 0.357 e. The molecule has 1 spiro atoms. The van der Waals surface area contributed by atoms with Crippen LogP contribution in [-0.2, 0) is 10.2 Å². The minimum atomic E-state index is -0.767. The second kappa shape index (κ2) is 11.8. The van der Waals surface area contributed by atoms with Crippen LogP contribution in [0.5, 0.6) is 0 Å². The molecule has 3 saturated heterocycles. The standard InChI is InChI=1S/C36H42N8O5/c1-24-17-27(40-14-11-35(5,21-40)25-9-7-6-8-10-25)20-43-31(24)38-30(39-43)32(45)42-16-13-36(23-42)12-15-41(22-36)29-19-26(44(47)48)18-28(37-29)33(46)49-34(2,3)4/h6-10,17-20H,11-16,21-23H2,1-5H3/t35-,36+/m0/s1. The molecule has 3 aromatic heterocycles. The van der Waals surface area contributed by atoms with E-state index in [1.807, 2.05) is 29.0 Å². The predicted molar refractivity (Wildman–Crippen MR) is 184 cm³/mol. The number of hydrogen-bond acceptors (Lipinski definition) is 10. The molecule has 3 aliphatic heterocycles. The van der Waals surface area contributed by atoms with Gasteiger partial charge in [-0.25, -0.2) is 19.3 Å². The molecule has 6 heterocycles. The molecule has 2 atom stereocenters. The molecule has 0 N–H and O–H groups in total. The van der Waals surface area contributed by atoms with Crippen LogP contribution in [0, 0.1) is 22.5 Å². The van der Waals surface area contributed by atoms with Crippen LogP contribution in [0.3, 0.4) is 0 Å². The monoisotopic (exact) mass is 666 g/mol. The number of amides is 1. The SMILES string of the molecule is Cc1cc(N2CC[C@](C)(c3ccccc3)C2)cn2nc(C(=O)N3CC[C@@]4(CCN(c5cc([N+](=O)[O-])cc(C(=O)OC(C)(C)C)n5)C4)C3)nc12. The maximum atomic E-state index is 13.8. The molecule has 7 rings (SSSR count). The van der Waals surface area contributed by atoms with Gasteiger partial charge < -0.3 is 19.4 Å². The summed E-state index contributed by atoms with van der Waals surface area (Å²) in [5.41, 5.74) is 2.77. The van der Waals surface area contributed by atoms with E-state index in [0.29, 0.717) is 37.6 Å². The Kier molecular flexibility index (Phi) is 7.83. The highest BCUT2D eigenvalue weighted by atomic mass is 16.6. The molecule has 4 aromatic rings. The lowest BCUT2D eigenvalue weighted by atomic mass is 9.82. The number of carbonyl (C=O) groups is 2. The molecule has 3 aliphatic rings. The lowest BCUT2D eigenvalue weighted by Crippen LogP contribution is -2.34. The van der Waals surface area contributed by atoms with Gasteiger partial charge in [-0.2, -0.15) is 0 Å². The van der Waals surface area contributed by atoms with Crippen molar-refractivity contribution in [3.05, 3.63) is 87.5 Å². The number of anilines is 2. The number of benzene rings is 1. The fourth-order valence-corrected chi connectivity index (χ4v) is 7.57. The number of carbonyl (C=O) groups excluding carboxylic acids is 2. The Morgan fingerprint density at radius 1 is 0.939 bits per heavy atom. The van der Waals surface area contributed by atoms with Gasteiger partial charge in [0.1, 0.15) is 11.4 Å². The van der Waals surface area contributed by atoms with Crippen LogP contribution in [0.2, 0.25) is 0 Å². The van der Waals surface area contributed by atoms with E-state index in [4.69, 9.17) is 4.74 Å². The lowest BCUT2D eigenvalue weighted by Gasteiger charge is -2.26. The highest BCUT2D eigenvalue weighted by Gasteiger charge is 2.46. The Hall–Kier alpha value is -5.07. The van der Waals surface area contributed by atoms with Crippen LogP contribution in [0.25, 0.3) is 5.65 Å². The number of aryl methyl sites for hydroxylation is 1. The second-order valence-corrected chi connectivity index (χ2v) is 15.2. The minimum Gasteiger partial charge on any atom is -0.455 e. The molecule has 0 saturated carbocycles. The average molecular weight is 667 g/mol. The maximum Gasteiger partial charge on any atom is 0.357 e. The zero-order chi connectivity index (χ0) is 34.7. The fourth-order valence-electron chi connectivity index (χ4n) is 7.57. The zero-order valence-corrected chi connectivity index (χ0v) is 28.7. The van der Waals surface area contributed by atoms with Gasteiger partial charge in [-0.15, -0.1) is 5.10 Å². The Labute approximate surface area is 285 Å². The van der Waals surface area contributed by atoms with Crippen LogP contribution >= 0.6 is 0 Å². The fraction of sp³-hybridized carbons (Fsp3) is 0.472. The van der Waals surface area contributed by atoms with Crippen molar-refractivity contribution in [3.63, 3.8) is 0 Å². The van der Waals surface area contributed by atoms with E-state index in [9.17, 15) is 19.7 Å². The Bertz CT molecular complexity index is 1960. The minimum absolute atomic E-state index is 0.0564. The van der Waals surface area contributed by atoms with Crippen molar-refractivity contribution in [1.82, 2.24) is 24.5 Å².